The van der Waals surface area contributed by atoms with Crippen LogP contribution in [0.5, 0.6) is 0 Å². The quantitative estimate of drug-likeness (QED) is 0.748. The molecule has 0 radical (unpaired) electrons. The molecule has 3 heterocycles. The highest BCUT2D eigenvalue weighted by Gasteiger charge is 2.07. The number of hydrogen-bond acceptors (Lipinski definition) is 6. The van der Waals surface area contributed by atoms with Gasteiger partial charge < -0.3 is 11.1 Å². The Morgan fingerprint density at radius 1 is 1.26 bits per heavy atom. The number of nitrogen functional groups attached to an aromatic ring is 1. The first-order valence-corrected chi connectivity index (χ1v) is 8.20. The largest absolute Gasteiger partial charge is 0.369 e. The summed E-state index contributed by atoms with van der Waals surface area (Å²) in [5.74, 6) is 1.13. The number of anilines is 2. The van der Waals surface area contributed by atoms with E-state index in [1.165, 1.54) is 4.88 Å². The Morgan fingerprint density at radius 3 is 2.95 bits per heavy atom. The maximum atomic E-state index is 5.71. The van der Waals surface area contributed by atoms with E-state index in [9.17, 15) is 0 Å². The van der Waals surface area contributed by atoms with Gasteiger partial charge in [0.2, 0.25) is 5.95 Å². The van der Waals surface area contributed by atoms with E-state index in [2.05, 4.69) is 43.3 Å². The second kappa shape index (κ2) is 5.44. The van der Waals surface area contributed by atoms with E-state index in [1.807, 2.05) is 11.4 Å². The summed E-state index contributed by atoms with van der Waals surface area (Å²) in [5.41, 5.74) is 5.71. The van der Waals surface area contributed by atoms with Gasteiger partial charge >= 0.3 is 0 Å². The maximum Gasteiger partial charge on any atom is 0.223 e. The molecule has 0 fully saturated rings. The zero-order valence-corrected chi connectivity index (χ0v) is 13.1. The smallest absolute Gasteiger partial charge is 0.223 e. The third-order valence-corrected chi connectivity index (χ3v) is 5.13. The predicted molar refractivity (Wildman–Crippen MR) is 86.0 cm³/mol. The van der Waals surface area contributed by atoms with E-state index in [0.717, 1.165) is 32.8 Å². The molecule has 0 aliphatic heterocycles. The van der Waals surface area contributed by atoms with Crippen LogP contribution in [0.2, 0.25) is 0 Å². The van der Waals surface area contributed by atoms with Gasteiger partial charge in [0.1, 0.15) is 10.6 Å². The second-order valence-corrected chi connectivity index (χ2v) is 7.39. The average molecular weight is 355 g/mol. The van der Waals surface area contributed by atoms with Crippen LogP contribution in [0.15, 0.2) is 27.4 Å². The van der Waals surface area contributed by atoms with Crippen LogP contribution in [-0.2, 0) is 6.42 Å². The van der Waals surface area contributed by atoms with Gasteiger partial charge in [-0.25, -0.2) is 4.98 Å². The molecule has 0 aromatic carbocycles. The first kappa shape index (κ1) is 12.8. The lowest BCUT2D eigenvalue weighted by molar-refractivity contribution is 1.03. The van der Waals surface area contributed by atoms with Crippen LogP contribution in [0.1, 0.15) is 4.88 Å². The van der Waals surface area contributed by atoms with Crippen molar-refractivity contribution in [2.24, 2.45) is 0 Å². The summed E-state index contributed by atoms with van der Waals surface area (Å²) in [5, 5.41) is 6.37. The first-order chi connectivity index (χ1) is 9.22. The van der Waals surface area contributed by atoms with Crippen molar-refractivity contribution in [2.75, 3.05) is 17.6 Å². The zero-order valence-electron chi connectivity index (χ0n) is 9.89. The molecule has 4 nitrogen and oxygen atoms in total. The van der Waals surface area contributed by atoms with Crippen molar-refractivity contribution in [1.82, 2.24) is 9.97 Å². The fourth-order valence-electron chi connectivity index (χ4n) is 1.80. The molecule has 19 heavy (non-hydrogen) atoms. The molecule has 0 aliphatic rings. The normalized spacial score (nSPS) is 11.0. The van der Waals surface area contributed by atoms with Gasteiger partial charge in [-0.2, -0.15) is 4.98 Å². The SMILES string of the molecule is Nc1nc(NCCc2ccc(Br)s2)c2ccsc2n1. The molecule has 3 N–H and O–H groups in total. The summed E-state index contributed by atoms with van der Waals surface area (Å²) in [6.45, 7) is 0.828. The monoisotopic (exact) mass is 354 g/mol. The number of nitrogens with zero attached hydrogens (tertiary/aromatic N) is 2. The molecule has 98 valence electrons. The summed E-state index contributed by atoms with van der Waals surface area (Å²) in [7, 11) is 0. The lowest BCUT2D eigenvalue weighted by Crippen LogP contribution is -2.07. The highest BCUT2D eigenvalue weighted by atomic mass is 79.9. The van der Waals surface area contributed by atoms with E-state index in [0.29, 0.717) is 5.95 Å². The minimum atomic E-state index is 0.316. The standard InChI is InChI=1S/C12H11BrN4S2/c13-9-2-1-7(19-9)3-5-15-10-8-4-6-18-11(8)17-12(14)16-10/h1-2,4,6H,3,5H2,(H3,14,15,16,17). The number of fused-ring (bicyclic) bond motifs is 1. The molecule has 0 saturated carbocycles. The zero-order chi connectivity index (χ0) is 13.2. The van der Waals surface area contributed by atoms with Gasteiger partial charge in [-0.1, -0.05) is 0 Å². The van der Waals surface area contributed by atoms with Crippen molar-refractivity contribution < 1.29 is 0 Å². The molecule has 0 atom stereocenters. The molecule has 0 saturated heterocycles. The van der Waals surface area contributed by atoms with E-state index in [1.54, 1.807) is 22.7 Å². The first-order valence-electron chi connectivity index (χ1n) is 5.71. The maximum absolute atomic E-state index is 5.71. The Labute approximate surface area is 126 Å². The summed E-state index contributed by atoms with van der Waals surface area (Å²) >= 11 is 6.79. The van der Waals surface area contributed by atoms with Crippen LogP contribution in [0.3, 0.4) is 0 Å². The average Bonchev–Trinajstić information content (AvgIpc) is 2.98. The minimum Gasteiger partial charge on any atom is -0.369 e. The Bertz CT molecular complexity index is 707. The third kappa shape index (κ3) is 2.88. The molecule has 0 aliphatic carbocycles. The van der Waals surface area contributed by atoms with Gasteiger partial charge in [0.25, 0.3) is 0 Å². The summed E-state index contributed by atoms with van der Waals surface area (Å²) in [6, 6.07) is 6.22. The van der Waals surface area contributed by atoms with Crippen molar-refractivity contribution in [2.45, 2.75) is 6.42 Å². The van der Waals surface area contributed by atoms with Gasteiger partial charge in [-0.3, -0.25) is 0 Å². The Kier molecular flexibility index (Phi) is 3.67. The minimum absolute atomic E-state index is 0.316. The Hall–Kier alpha value is -1.18. The fraction of sp³-hybridized carbons (Fsp3) is 0.167. The van der Waals surface area contributed by atoms with Crippen molar-refractivity contribution in [3.05, 3.63) is 32.2 Å². The molecule has 0 unspecified atom stereocenters. The molecule has 0 spiro atoms. The third-order valence-electron chi connectivity index (χ3n) is 2.64. The molecule has 3 aromatic heterocycles. The van der Waals surface area contributed by atoms with Crippen LogP contribution >= 0.6 is 38.6 Å². The summed E-state index contributed by atoms with van der Waals surface area (Å²) in [4.78, 5) is 10.7. The van der Waals surface area contributed by atoms with Crippen molar-refractivity contribution >= 4 is 60.6 Å². The highest BCUT2D eigenvalue weighted by Crippen LogP contribution is 2.26. The second-order valence-electron chi connectivity index (χ2n) is 3.95. The van der Waals surface area contributed by atoms with Gasteiger partial charge in [0.05, 0.1) is 9.17 Å². The van der Waals surface area contributed by atoms with E-state index in [-0.39, 0.29) is 0 Å². The van der Waals surface area contributed by atoms with Crippen LogP contribution < -0.4 is 11.1 Å². The lowest BCUT2D eigenvalue weighted by atomic mass is 10.3. The van der Waals surface area contributed by atoms with Crippen LogP contribution in [0.25, 0.3) is 10.2 Å². The van der Waals surface area contributed by atoms with Gasteiger partial charge in [-0.05, 0) is 45.9 Å². The van der Waals surface area contributed by atoms with Crippen molar-refractivity contribution in [3.63, 3.8) is 0 Å². The topological polar surface area (TPSA) is 63.8 Å². The van der Waals surface area contributed by atoms with Gasteiger partial charge in [0.15, 0.2) is 0 Å². The molecular weight excluding hydrogens is 344 g/mol. The van der Waals surface area contributed by atoms with Crippen LogP contribution in [-0.4, -0.2) is 16.5 Å². The summed E-state index contributed by atoms with van der Waals surface area (Å²) in [6.07, 6.45) is 0.964. The number of rotatable bonds is 4. The molecule has 7 heteroatoms. The molecule has 0 bridgehead atoms. The van der Waals surface area contributed by atoms with E-state index < -0.39 is 0 Å². The summed E-state index contributed by atoms with van der Waals surface area (Å²) < 4.78 is 1.16. The Morgan fingerprint density at radius 2 is 2.16 bits per heavy atom. The molecule has 0 amide bonds. The Balaban J connectivity index is 1.73. The van der Waals surface area contributed by atoms with Gasteiger partial charge in [-0.15, -0.1) is 22.7 Å². The molecule has 3 rings (SSSR count). The lowest BCUT2D eigenvalue weighted by Gasteiger charge is -2.06. The van der Waals surface area contributed by atoms with Crippen LogP contribution in [0.4, 0.5) is 11.8 Å². The number of aromatic nitrogens is 2. The predicted octanol–water partition coefficient (Wildman–Crippen LogP) is 3.75. The van der Waals surface area contributed by atoms with Crippen molar-refractivity contribution in [3.8, 4) is 0 Å². The fourth-order valence-corrected chi connectivity index (χ4v) is 4.05. The molecular formula is C12H11BrN4S2. The van der Waals surface area contributed by atoms with E-state index in [4.69, 9.17) is 5.73 Å². The van der Waals surface area contributed by atoms with Crippen LogP contribution in [0, 0.1) is 0 Å². The number of hydrogen-bond donors (Lipinski definition) is 2. The number of nitrogens with two attached hydrogens (primary N) is 1. The van der Waals surface area contributed by atoms with Crippen molar-refractivity contribution in [1.29, 1.82) is 0 Å². The highest BCUT2D eigenvalue weighted by molar-refractivity contribution is 9.11. The van der Waals surface area contributed by atoms with Gasteiger partial charge in [0, 0.05) is 11.4 Å². The number of thiophene rings is 2. The number of halogens is 1. The van der Waals surface area contributed by atoms with E-state index >= 15 is 0 Å². The number of nitrogens with one attached hydrogen (secondary N) is 1. The molecule has 3 aromatic rings.